The molecule has 4 aromatic rings. The number of ether oxygens (including phenoxy) is 1. The molecule has 0 atom stereocenters. The molecule has 1 heterocycles. The number of methoxy groups -OCH3 is 1. The van der Waals surface area contributed by atoms with Crippen LogP contribution in [-0.4, -0.2) is 18.0 Å². The Morgan fingerprint density at radius 3 is 2.69 bits per heavy atom. The number of thiazole rings is 1. The van der Waals surface area contributed by atoms with Crippen LogP contribution in [0.5, 0.6) is 5.75 Å². The van der Waals surface area contributed by atoms with E-state index in [0.717, 1.165) is 28.8 Å². The number of hydrogen-bond acceptors (Lipinski definition) is 4. The SMILES string of the molecule is COc1c(Br)cc(Br)cc1C(=O)Nc1ccc(I)cc1-c1nc2ccccc2s1. The minimum absolute atomic E-state index is 0.257. The molecule has 0 bridgehead atoms. The van der Waals surface area contributed by atoms with Crippen molar-refractivity contribution in [2.24, 2.45) is 0 Å². The summed E-state index contributed by atoms with van der Waals surface area (Å²) in [5.41, 5.74) is 2.97. The van der Waals surface area contributed by atoms with Gasteiger partial charge in [-0.05, 0) is 81.0 Å². The molecule has 3 aromatic carbocycles. The fourth-order valence-corrected chi connectivity index (χ4v) is 5.79. The molecule has 0 spiro atoms. The first kappa shape index (κ1) is 20.8. The first-order valence-electron chi connectivity index (χ1n) is 8.46. The summed E-state index contributed by atoms with van der Waals surface area (Å²) in [4.78, 5) is 17.8. The predicted octanol–water partition coefficient (Wildman–Crippen LogP) is 7.35. The minimum atomic E-state index is -0.257. The van der Waals surface area contributed by atoms with Crippen LogP contribution in [-0.2, 0) is 0 Å². The average Bonchev–Trinajstić information content (AvgIpc) is 3.12. The second-order valence-corrected chi connectivity index (χ2v) is 10.1. The number of anilines is 1. The van der Waals surface area contributed by atoms with Gasteiger partial charge in [-0.1, -0.05) is 28.1 Å². The lowest BCUT2D eigenvalue weighted by atomic mass is 10.1. The summed E-state index contributed by atoms with van der Waals surface area (Å²) in [6.07, 6.45) is 0. The van der Waals surface area contributed by atoms with Gasteiger partial charge in [-0.15, -0.1) is 11.3 Å². The number of nitrogens with zero attached hydrogens (tertiary/aromatic N) is 1. The molecule has 1 N–H and O–H groups in total. The number of benzene rings is 3. The van der Waals surface area contributed by atoms with E-state index in [1.165, 1.54) is 0 Å². The van der Waals surface area contributed by atoms with Gasteiger partial charge in [0, 0.05) is 13.6 Å². The zero-order valence-electron chi connectivity index (χ0n) is 15.0. The molecule has 0 saturated heterocycles. The lowest BCUT2D eigenvalue weighted by molar-refractivity contribution is 0.102. The van der Waals surface area contributed by atoms with Crippen molar-refractivity contribution in [3.8, 4) is 16.3 Å². The monoisotopic (exact) mass is 642 g/mol. The van der Waals surface area contributed by atoms with E-state index >= 15 is 0 Å². The number of para-hydroxylation sites is 1. The Hall–Kier alpha value is -1.49. The fraction of sp³-hybridized carbons (Fsp3) is 0.0476. The standard InChI is InChI=1S/C21H13Br2IN2O2S/c1-28-19-14(8-11(22)9-15(19)23)20(27)25-16-7-6-12(24)10-13(16)21-26-17-4-2-3-5-18(17)29-21/h2-10H,1H3,(H,25,27). The number of amides is 1. The van der Waals surface area contributed by atoms with Crippen LogP contribution in [0.25, 0.3) is 20.8 Å². The highest BCUT2D eigenvalue weighted by Gasteiger charge is 2.19. The van der Waals surface area contributed by atoms with Crippen molar-refractivity contribution in [3.05, 3.63) is 72.7 Å². The van der Waals surface area contributed by atoms with Crippen molar-refractivity contribution in [2.75, 3.05) is 12.4 Å². The Labute approximate surface area is 202 Å². The summed E-state index contributed by atoms with van der Waals surface area (Å²) >= 11 is 10.8. The Balaban J connectivity index is 1.76. The first-order valence-corrected chi connectivity index (χ1v) is 11.9. The van der Waals surface area contributed by atoms with Crippen molar-refractivity contribution in [1.82, 2.24) is 4.98 Å². The van der Waals surface area contributed by atoms with E-state index in [1.807, 2.05) is 48.5 Å². The van der Waals surface area contributed by atoms with Crippen molar-refractivity contribution in [2.45, 2.75) is 0 Å². The molecule has 0 unspecified atom stereocenters. The summed E-state index contributed by atoms with van der Waals surface area (Å²) in [5.74, 6) is 0.227. The van der Waals surface area contributed by atoms with Gasteiger partial charge in [-0.2, -0.15) is 0 Å². The first-order chi connectivity index (χ1) is 14.0. The van der Waals surface area contributed by atoms with Crippen LogP contribution in [0.4, 0.5) is 5.69 Å². The van der Waals surface area contributed by atoms with Gasteiger partial charge in [0.25, 0.3) is 5.91 Å². The number of rotatable bonds is 4. The number of halogens is 3. The Morgan fingerprint density at radius 1 is 1.14 bits per heavy atom. The second-order valence-electron chi connectivity index (χ2n) is 6.10. The Bertz CT molecular complexity index is 1210. The number of carbonyl (C=O) groups excluding carboxylic acids is 1. The van der Waals surface area contributed by atoms with E-state index in [9.17, 15) is 4.79 Å². The Morgan fingerprint density at radius 2 is 1.93 bits per heavy atom. The molecule has 4 rings (SSSR count). The largest absolute Gasteiger partial charge is 0.495 e. The highest BCUT2D eigenvalue weighted by molar-refractivity contribution is 14.1. The van der Waals surface area contributed by atoms with Crippen LogP contribution in [0.2, 0.25) is 0 Å². The van der Waals surface area contributed by atoms with Gasteiger partial charge < -0.3 is 10.1 Å². The summed E-state index contributed by atoms with van der Waals surface area (Å²) in [7, 11) is 1.54. The van der Waals surface area contributed by atoms with Gasteiger partial charge in [0.1, 0.15) is 10.8 Å². The van der Waals surface area contributed by atoms with Crippen LogP contribution in [0, 0.1) is 3.57 Å². The summed E-state index contributed by atoms with van der Waals surface area (Å²) in [6, 6.07) is 17.5. The minimum Gasteiger partial charge on any atom is -0.495 e. The maximum absolute atomic E-state index is 13.1. The van der Waals surface area contributed by atoms with Gasteiger partial charge in [0.05, 0.1) is 33.0 Å². The molecule has 8 heteroatoms. The molecular formula is C21H13Br2IN2O2S. The lowest BCUT2D eigenvalue weighted by Crippen LogP contribution is -2.14. The molecule has 0 saturated carbocycles. The van der Waals surface area contributed by atoms with Gasteiger partial charge in [0.2, 0.25) is 0 Å². The molecule has 0 fully saturated rings. The van der Waals surface area contributed by atoms with Crippen molar-refractivity contribution < 1.29 is 9.53 Å². The van der Waals surface area contributed by atoms with Gasteiger partial charge in [-0.25, -0.2) is 4.98 Å². The highest BCUT2D eigenvalue weighted by Crippen LogP contribution is 2.37. The van der Waals surface area contributed by atoms with E-state index in [0.29, 0.717) is 21.5 Å². The zero-order valence-corrected chi connectivity index (χ0v) is 21.1. The normalized spacial score (nSPS) is 10.9. The molecular weight excluding hydrogens is 631 g/mol. The van der Waals surface area contributed by atoms with E-state index in [2.05, 4.69) is 59.8 Å². The van der Waals surface area contributed by atoms with Crippen LogP contribution < -0.4 is 10.1 Å². The van der Waals surface area contributed by atoms with Crippen LogP contribution in [0.1, 0.15) is 10.4 Å². The number of nitrogens with one attached hydrogen (secondary N) is 1. The molecule has 29 heavy (non-hydrogen) atoms. The Kier molecular flexibility index (Phi) is 6.24. The van der Waals surface area contributed by atoms with E-state index in [1.54, 1.807) is 24.5 Å². The van der Waals surface area contributed by atoms with Crippen LogP contribution in [0.3, 0.4) is 0 Å². The third-order valence-electron chi connectivity index (χ3n) is 4.21. The number of aromatic nitrogens is 1. The van der Waals surface area contributed by atoms with Crippen molar-refractivity contribution >= 4 is 87.6 Å². The topological polar surface area (TPSA) is 51.2 Å². The van der Waals surface area contributed by atoms with Crippen LogP contribution in [0.15, 0.2) is 63.5 Å². The molecule has 146 valence electrons. The van der Waals surface area contributed by atoms with E-state index < -0.39 is 0 Å². The molecule has 4 nitrogen and oxygen atoms in total. The maximum atomic E-state index is 13.1. The fourth-order valence-electron chi connectivity index (χ4n) is 2.92. The summed E-state index contributed by atoms with van der Waals surface area (Å²) < 4.78 is 9.08. The molecule has 1 aromatic heterocycles. The highest BCUT2D eigenvalue weighted by atomic mass is 127. The smallest absolute Gasteiger partial charge is 0.259 e. The van der Waals surface area contributed by atoms with Gasteiger partial charge >= 0.3 is 0 Å². The third-order valence-corrected chi connectivity index (χ3v) is 7.00. The van der Waals surface area contributed by atoms with Gasteiger partial charge in [-0.3, -0.25) is 4.79 Å². The van der Waals surface area contributed by atoms with E-state index in [-0.39, 0.29) is 5.91 Å². The molecule has 0 aliphatic rings. The predicted molar refractivity (Wildman–Crippen MR) is 134 cm³/mol. The maximum Gasteiger partial charge on any atom is 0.259 e. The zero-order chi connectivity index (χ0) is 20.5. The second kappa shape index (κ2) is 8.71. The molecule has 0 aliphatic heterocycles. The van der Waals surface area contributed by atoms with Crippen molar-refractivity contribution in [3.63, 3.8) is 0 Å². The number of hydrogen-bond donors (Lipinski definition) is 1. The molecule has 1 amide bonds. The average molecular weight is 644 g/mol. The third kappa shape index (κ3) is 4.35. The van der Waals surface area contributed by atoms with Crippen LogP contribution >= 0.6 is 65.8 Å². The number of carbonyl (C=O) groups is 1. The quantitative estimate of drug-likeness (QED) is 0.237. The molecule has 0 aliphatic carbocycles. The number of fused-ring (bicyclic) bond motifs is 1. The summed E-state index contributed by atoms with van der Waals surface area (Å²) in [6.45, 7) is 0. The van der Waals surface area contributed by atoms with Crippen molar-refractivity contribution in [1.29, 1.82) is 0 Å². The van der Waals surface area contributed by atoms with Gasteiger partial charge in [0.15, 0.2) is 0 Å². The lowest BCUT2D eigenvalue weighted by Gasteiger charge is -2.14. The molecule has 0 radical (unpaired) electrons. The van der Waals surface area contributed by atoms with E-state index in [4.69, 9.17) is 9.72 Å². The summed E-state index contributed by atoms with van der Waals surface area (Å²) in [5, 5.41) is 3.89.